The van der Waals surface area contributed by atoms with Crippen molar-refractivity contribution in [1.82, 2.24) is 4.98 Å². The maximum atomic E-state index is 4.44. The summed E-state index contributed by atoms with van der Waals surface area (Å²) in [6, 6.07) is 6.27. The molecular weight excluding hydrogens is 206 g/mol. The molecule has 1 saturated carbocycles. The van der Waals surface area contributed by atoms with E-state index in [-0.39, 0.29) is 0 Å². The highest BCUT2D eigenvalue weighted by molar-refractivity contribution is 5.04. The van der Waals surface area contributed by atoms with Crippen molar-refractivity contribution in [2.75, 3.05) is 0 Å². The van der Waals surface area contributed by atoms with Crippen LogP contribution in [0.25, 0.3) is 0 Å². The molecule has 2 rings (SSSR count). The van der Waals surface area contributed by atoms with E-state index in [2.05, 4.69) is 31.0 Å². The highest BCUT2D eigenvalue weighted by Crippen LogP contribution is 2.33. The smallest absolute Gasteiger partial charge is 0.0406 e. The average Bonchev–Trinajstić information content (AvgIpc) is 2.32. The van der Waals surface area contributed by atoms with Crippen molar-refractivity contribution in [2.24, 2.45) is 17.8 Å². The molecule has 0 saturated heterocycles. The monoisotopic (exact) mass is 231 g/mol. The summed E-state index contributed by atoms with van der Waals surface area (Å²) in [5.74, 6) is 2.75. The predicted molar refractivity (Wildman–Crippen MR) is 72.8 cm³/mol. The summed E-state index contributed by atoms with van der Waals surface area (Å²) in [4.78, 5) is 4.44. The van der Waals surface area contributed by atoms with Crippen LogP contribution in [0.15, 0.2) is 24.4 Å². The fourth-order valence-corrected chi connectivity index (χ4v) is 3.15. The number of hydrogen-bond acceptors (Lipinski definition) is 1. The lowest BCUT2D eigenvalue weighted by Crippen LogP contribution is -2.18. The third-order valence-electron chi connectivity index (χ3n) is 4.00. The van der Waals surface area contributed by atoms with Crippen molar-refractivity contribution in [1.29, 1.82) is 0 Å². The molecule has 94 valence electrons. The fraction of sp³-hybridized carbons (Fsp3) is 0.688. The van der Waals surface area contributed by atoms with Crippen LogP contribution < -0.4 is 0 Å². The highest BCUT2D eigenvalue weighted by Gasteiger charge is 2.22. The van der Waals surface area contributed by atoms with Crippen molar-refractivity contribution in [2.45, 2.75) is 52.4 Å². The van der Waals surface area contributed by atoms with Crippen LogP contribution in [-0.4, -0.2) is 4.98 Å². The number of nitrogens with zero attached hydrogens (tertiary/aromatic N) is 1. The Labute approximate surface area is 106 Å². The van der Waals surface area contributed by atoms with Gasteiger partial charge in [-0.25, -0.2) is 0 Å². The Morgan fingerprint density at radius 2 is 1.82 bits per heavy atom. The molecule has 17 heavy (non-hydrogen) atoms. The summed E-state index contributed by atoms with van der Waals surface area (Å²) in [6.45, 7) is 4.69. The first-order chi connectivity index (χ1) is 8.24. The van der Waals surface area contributed by atoms with Crippen LogP contribution in [-0.2, 0) is 6.42 Å². The molecule has 0 atom stereocenters. The van der Waals surface area contributed by atoms with Gasteiger partial charge in [-0.2, -0.15) is 0 Å². The molecule has 1 aliphatic carbocycles. The second-order valence-corrected chi connectivity index (χ2v) is 6.04. The molecule has 1 heteroatoms. The zero-order valence-corrected chi connectivity index (χ0v) is 11.2. The maximum Gasteiger partial charge on any atom is 0.0406 e. The van der Waals surface area contributed by atoms with Crippen molar-refractivity contribution in [3.8, 4) is 0 Å². The Morgan fingerprint density at radius 1 is 1.12 bits per heavy atom. The summed E-state index contributed by atoms with van der Waals surface area (Å²) in [6.07, 6.45) is 10.2. The predicted octanol–water partition coefficient (Wildman–Crippen LogP) is 4.48. The molecule has 0 aliphatic heterocycles. The first-order valence-corrected chi connectivity index (χ1v) is 7.14. The Balaban J connectivity index is 1.76. The second-order valence-electron chi connectivity index (χ2n) is 6.04. The van der Waals surface area contributed by atoms with E-state index in [1.165, 1.54) is 44.2 Å². The topological polar surface area (TPSA) is 12.9 Å². The largest absolute Gasteiger partial charge is 0.261 e. The van der Waals surface area contributed by atoms with Gasteiger partial charge in [-0.3, -0.25) is 4.98 Å². The molecule has 1 aromatic rings. The fourth-order valence-electron chi connectivity index (χ4n) is 3.15. The molecule has 0 spiro atoms. The first-order valence-electron chi connectivity index (χ1n) is 7.14. The van der Waals surface area contributed by atoms with Gasteiger partial charge in [0.05, 0.1) is 0 Å². The van der Waals surface area contributed by atoms with E-state index >= 15 is 0 Å². The van der Waals surface area contributed by atoms with Gasteiger partial charge in [-0.05, 0) is 55.6 Å². The van der Waals surface area contributed by atoms with Crippen LogP contribution in [0, 0.1) is 17.8 Å². The molecule has 0 aromatic carbocycles. The summed E-state index contributed by atoms with van der Waals surface area (Å²) >= 11 is 0. The Morgan fingerprint density at radius 3 is 2.41 bits per heavy atom. The lowest BCUT2D eigenvalue weighted by Gasteiger charge is -2.29. The van der Waals surface area contributed by atoms with Crippen LogP contribution in [0.5, 0.6) is 0 Å². The minimum atomic E-state index is 0.868. The quantitative estimate of drug-likeness (QED) is 0.744. The van der Waals surface area contributed by atoms with Crippen molar-refractivity contribution < 1.29 is 0 Å². The zero-order chi connectivity index (χ0) is 12.1. The third-order valence-corrected chi connectivity index (χ3v) is 4.00. The second kappa shape index (κ2) is 6.18. The standard InChI is InChI=1S/C16H25N/c1-13(2)11-14-6-8-15(9-7-14)12-16-5-3-4-10-17-16/h3-5,10,13-15H,6-9,11-12H2,1-2H3. The van der Waals surface area contributed by atoms with Crippen molar-refractivity contribution in [3.05, 3.63) is 30.1 Å². The first kappa shape index (κ1) is 12.6. The Kier molecular flexibility index (Phi) is 4.58. The third kappa shape index (κ3) is 4.14. The summed E-state index contributed by atoms with van der Waals surface area (Å²) in [7, 11) is 0. The van der Waals surface area contributed by atoms with E-state index in [0.717, 1.165) is 17.8 Å². The number of rotatable bonds is 4. The molecule has 0 unspecified atom stereocenters. The van der Waals surface area contributed by atoms with Crippen LogP contribution in [0.4, 0.5) is 0 Å². The summed E-state index contributed by atoms with van der Waals surface area (Å²) in [5, 5.41) is 0. The molecule has 1 heterocycles. The number of aromatic nitrogens is 1. The molecule has 0 amide bonds. The zero-order valence-electron chi connectivity index (χ0n) is 11.2. The Hall–Kier alpha value is -0.850. The average molecular weight is 231 g/mol. The molecule has 0 radical (unpaired) electrons. The van der Waals surface area contributed by atoms with E-state index in [0.29, 0.717) is 0 Å². The van der Waals surface area contributed by atoms with Gasteiger partial charge in [0, 0.05) is 11.9 Å². The molecule has 1 aliphatic rings. The summed E-state index contributed by atoms with van der Waals surface area (Å²) in [5.41, 5.74) is 1.28. The van der Waals surface area contributed by atoms with Crippen molar-refractivity contribution in [3.63, 3.8) is 0 Å². The number of hydrogen-bond donors (Lipinski definition) is 0. The van der Waals surface area contributed by atoms with Crippen LogP contribution >= 0.6 is 0 Å². The van der Waals surface area contributed by atoms with Crippen molar-refractivity contribution >= 4 is 0 Å². The maximum absolute atomic E-state index is 4.44. The van der Waals surface area contributed by atoms with Gasteiger partial charge < -0.3 is 0 Å². The van der Waals surface area contributed by atoms with Crippen LogP contribution in [0.1, 0.15) is 51.6 Å². The van der Waals surface area contributed by atoms with Gasteiger partial charge in [0.2, 0.25) is 0 Å². The van der Waals surface area contributed by atoms with Gasteiger partial charge >= 0.3 is 0 Å². The van der Waals surface area contributed by atoms with Gasteiger partial charge in [0.1, 0.15) is 0 Å². The molecule has 1 nitrogen and oxygen atoms in total. The number of pyridine rings is 1. The SMILES string of the molecule is CC(C)CC1CCC(Cc2ccccn2)CC1. The molecule has 1 aromatic heterocycles. The van der Waals surface area contributed by atoms with E-state index < -0.39 is 0 Å². The lowest BCUT2D eigenvalue weighted by atomic mass is 9.77. The normalized spacial score (nSPS) is 25.1. The van der Waals surface area contributed by atoms with Crippen LogP contribution in [0.3, 0.4) is 0 Å². The van der Waals surface area contributed by atoms with E-state index in [1.807, 2.05) is 12.3 Å². The minimum absolute atomic E-state index is 0.868. The van der Waals surface area contributed by atoms with Gasteiger partial charge in [0.15, 0.2) is 0 Å². The van der Waals surface area contributed by atoms with E-state index in [1.54, 1.807) is 0 Å². The van der Waals surface area contributed by atoms with Gasteiger partial charge in [-0.15, -0.1) is 0 Å². The van der Waals surface area contributed by atoms with Gasteiger partial charge in [0.25, 0.3) is 0 Å². The van der Waals surface area contributed by atoms with E-state index in [4.69, 9.17) is 0 Å². The molecule has 0 N–H and O–H groups in total. The molecule has 0 bridgehead atoms. The van der Waals surface area contributed by atoms with Crippen LogP contribution in [0.2, 0.25) is 0 Å². The molecule has 1 fully saturated rings. The lowest BCUT2D eigenvalue weighted by molar-refractivity contribution is 0.243. The molecular formula is C16H25N. The highest BCUT2D eigenvalue weighted by atomic mass is 14.7. The van der Waals surface area contributed by atoms with Gasteiger partial charge in [-0.1, -0.05) is 32.8 Å². The minimum Gasteiger partial charge on any atom is -0.261 e. The summed E-state index contributed by atoms with van der Waals surface area (Å²) < 4.78 is 0. The van der Waals surface area contributed by atoms with E-state index in [9.17, 15) is 0 Å². The Bertz CT molecular complexity index is 310.